The van der Waals surface area contributed by atoms with E-state index in [2.05, 4.69) is 19.2 Å². The van der Waals surface area contributed by atoms with Gasteiger partial charge >= 0.3 is 0 Å². The first-order chi connectivity index (χ1) is 7.00. The summed E-state index contributed by atoms with van der Waals surface area (Å²) in [6, 6.07) is 3.60. The summed E-state index contributed by atoms with van der Waals surface area (Å²) in [6.07, 6.45) is 0. The molecule has 0 saturated carbocycles. The molecule has 0 radical (unpaired) electrons. The fourth-order valence-electron chi connectivity index (χ4n) is 1.38. The third-order valence-corrected chi connectivity index (χ3v) is 2.26. The highest BCUT2D eigenvalue weighted by Gasteiger charge is 2.11. The number of hydrogen-bond donors (Lipinski definition) is 1. The van der Waals surface area contributed by atoms with Gasteiger partial charge in [-0.25, -0.2) is 8.78 Å². The third-order valence-electron chi connectivity index (χ3n) is 2.26. The first-order valence-corrected chi connectivity index (χ1v) is 5.19. The van der Waals surface area contributed by atoms with Gasteiger partial charge in [0.1, 0.15) is 11.6 Å². The minimum atomic E-state index is -0.535. The molecule has 1 aromatic rings. The fourth-order valence-corrected chi connectivity index (χ4v) is 1.38. The van der Waals surface area contributed by atoms with Crippen molar-refractivity contribution >= 4 is 0 Å². The maximum Gasteiger partial charge on any atom is 0.130 e. The van der Waals surface area contributed by atoms with Crippen molar-refractivity contribution in [1.82, 2.24) is 5.32 Å². The van der Waals surface area contributed by atoms with Gasteiger partial charge in [0.25, 0.3) is 0 Å². The Labute approximate surface area is 89.5 Å². The van der Waals surface area contributed by atoms with E-state index in [1.54, 1.807) is 0 Å². The first kappa shape index (κ1) is 12.1. The van der Waals surface area contributed by atoms with Crippen LogP contribution in [0.5, 0.6) is 0 Å². The van der Waals surface area contributed by atoms with Crippen LogP contribution in [0.3, 0.4) is 0 Å². The molecule has 15 heavy (non-hydrogen) atoms. The van der Waals surface area contributed by atoms with E-state index in [1.807, 2.05) is 6.92 Å². The van der Waals surface area contributed by atoms with Crippen LogP contribution in [0.1, 0.15) is 32.4 Å². The Morgan fingerprint density at radius 1 is 1.20 bits per heavy atom. The Hall–Kier alpha value is -0.960. The van der Waals surface area contributed by atoms with E-state index in [4.69, 9.17) is 0 Å². The minimum absolute atomic E-state index is 0.0898. The maximum atomic E-state index is 13.3. The SMILES string of the molecule is CC(C)CNC(C)c1ccc(F)cc1F. The highest BCUT2D eigenvalue weighted by Crippen LogP contribution is 2.17. The van der Waals surface area contributed by atoms with Crippen LogP contribution >= 0.6 is 0 Å². The highest BCUT2D eigenvalue weighted by molar-refractivity contribution is 5.21. The molecule has 0 aliphatic heterocycles. The first-order valence-electron chi connectivity index (χ1n) is 5.19. The second-order valence-electron chi connectivity index (χ2n) is 4.19. The zero-order chi connectivity index (χ0) is 11.4. The molecule has 1 nitrogen and oxygen atoms in total. The topological polar surface area (TPSA) is 12.0 Å². The Morgan fingerprint density at radius 2 is 1.87 bits per heavy atom. The van der Waals surface area contributed by atoms with Crippen LogP contribution in [0.2, 0.25) is 0 Å². The second-order valence-corrected chi connectivity index (χ2v) is 4.19. The number of rotatable bonds is 4. The normalized spacial score (nSPS) is 13.2. The lowest BCUT2D eigenvalue weighted by atomic mass is 10.1. The van der Waals surface area contributed by atoms with E-state index >= 15 is 0 Å². The van der Waals surface area contributed by atoms with Crippen LogP contribution in [0.15, 0.2) is 18.2 Å². The molecule has 0 heterocycles. The molecule has 0 aliphatic carbocycles. The van der Waals surface area contributed by atoms with Crippen LogP contribution in [0.4, 0.5) is 8.78 Å². The summed E-state index contributed by atoms with van der Waals surface area (Å²) >= 11 is 0. The molecule has 1 atom stereocenters. The van der Waals surface area contributed by atoms with E-state index in [-0.39, 0.29) is 6.04 Å². The van der Waals surface area contributed by atoms with E-state index in [0.29, 0.717) is 11.5 Å². The molecule has 0 aromatic heterocycles. The molecule has 1 rings (SSSR count). The molecule has 3 heteroatoms. The number of halogens is 2. The van der Waals surface area contributed by atoms with Crippen molar-refractivity contribution in [3.05, 3.63) is 35.4 Å². The van der Waals surface area contributed by atoms with Gasteiger partial charge in [-0.3, -0.25) is 0 Å². The monoisotopic (exact) mass is 213 g/mol. The van der Waals surface area contributed by atoms with Gasteiger partial charge in [0, 0.05) is 17.7 Å². The number of nitrogens with one attached hydrogen (secondary N) is 1. The molecule has 0 amide bonds. The fraction of sp³-hybridized carbons (Fsp3) is 0.500. The van der Waals surface area contributed by atoms with Crippen molar-refractivity contribution in [1.29, 1.82) is 0 Å². The zero-order valence-corrected chi connectivity index (χ0v) is 9.35. The van der Waals surface area contributed by atoms with Crippen LogP contribution < -0.4 is 5.32 Å². The van der Waals surface area contributed by atoms with Crippen molar-refractivity contribution in [2.45, 2.75) is 26.8 Å². The lowest BCUT2D eigenvalue weighted by molar-refractivity contribution is 0.475. The van der Waals surface area contributed by atoms with Crippen molar-refractivity contribution < 1.29 is 8.78 Å². The molecule has 0 bridgehead atoms. The molecular weight excluding hydrogens is 196 g/mol. The highest BCUT2D eigenvalue weighted by atomic mass is 19.1. The molecule has 0 saturated heterocycles. The van der Waals surface area contributed by atoms with Crippen molar-refractivity contribution in [3.8, 4) is 0 Å². The quantitative estimate of drug-likeness (QED) is 0.809. The van der Waals surface area contributed by atoms with E-state index < -0.39 is 11.6 Å². The van der Waals surface area contributed by atoms with Gasteiger partial charge in [-0.2, -0.15) is 0 Å². The summed E-state index contributed by atoms with van der Waals surface area (Å²) in [5, 5.41) is 3.20. The lowest BCUT2D eigenvalue weighted by Crippen LogP contribution is -2.24. The van der Waals surface area contributed by atoms with Crippen molar-refractivity contribution in [2.75, 3.05) is 6.54 Å². The van der Waals surface area contributed by atoms with Gasteiger partial charge in [-0.1, -0.05) is 19.9 Å². The Balaban J connectivity index is 2.69. The summed E-state index contributed by atoms with van der Waals surface area (Å²) < 4.78 is 26.0. The molecule has 84 valence electrons. The average Bonchev–Trinajstić information content (AvgIpc) is 2.14. The second kappa shape index (κ2) is 5.21. The summed E-state index contributed by atoms with van der Waals surface area (Å²) in [5.74, 6) is -0.512. The molecule has 0 spiro atoms. The molecule has 0 fully saturated rings. The Bertz CT molecular complexity index is 323. The lowest BCUT2D eigenvalue weighted by Gasteiger charge is -2.16. The Kier molecular flexibility index (Phi) is 4.21. The predicted octanol–water partition coefficient (Wildman–Crippen LogP) is 3.27. The van der Waals surface area contributed by atoms with Crippen molar-refractivity contribution in [3.63, 3.8) is 0 Å². The van der Waals surface area contributed by atoms with Gasteiger partial charge in [-0.15, -0.1) is 0 Å². The van der Waals surface area contributed by atoms with Crippen LogP contribution in [0.25, 0.3) is 0 Å². The van der Waals surface area contributed by atoms with Gasteiger partial charge in [-0.05, 0) is 25.5 Å². The zero-order valence-electron chi connectivity index (χ0n) is 9.35. The maximum absolute atomic E-state index is 13.3. The largest absolute Gasteiger partial charge is 0.310 e. The summed E-state index contributed by atoms with van der Waals surface area (Å²) in [6.45, 7) is 6.86. The molecule has 1 unspecified atom stereocenters. The standard InChI is InChI=1S/C12H17F2N/c1-8(2)7-15-9(3)11-5-4-10(13)6-12(11)14/h4-6,8-9,15H,7H2,1-3H3. The molecule has 1 N–H and O–H groups in total. The van der Waals surface area contributed by atoms with Crippen LogP contribution in [-0.2, 0) is 0 Å². The minimum Gasteiger partial charge on any atom is -0.310 e. The average molecular weight is 213 g/mol. The predicted molar refractivity (Wildman–Crippen MR) is 57.6 cm³/mol. The van der Waals surface area contributed by atoms with E-state index in [9.17, 15) is 8.78 Å². The van der Waals surface area contributed by atoms with Gasteiger partial charge in [0.05, 0.1) is 0 Å². The summed E-state index contributed by atoms with van der Waals surface area (Å²) in [4.78, 5) is 0. The van der Waals surface area contributed by atoms with Gasteiger partial charge < -0.3 is 5.32 Å². The van der Waals surface area contributed by atoms with Crippen LogP contribution in [-0.4, -0.2) is 6.54 Å². The summed E-state index contributed by atoms with van der Waals surface area (Å²) in [7, 11) is 0. The summed E-state index contributed by atoms with van der Waals surface area (Å²) in [5.41, 5.74) is 0.511. The van der Waals surface area contributed by atoms with Crippen molar-refractivity contribution in [2.24, 2.45) is 5.92 Å². The molecular formula is C12H17F2N. The van der Waals surface area contributed by atoms with Gasteiger partial charge in [0.2, 0.25) is 0 Å². The molecule has 0 aliphatic rings. The van der Waals surface area contributed by atoms with E-state index in [1.165, 1.54) is 12.1 Å². The third kappa shape index (κ3) is 3.59. The van der Waals surface area contributed by atoms with Gasteiger partial charge in [0.15, 0.2) is 0 Å². The van der Waals surface area contributed by atoms with Crippen LogP contribution in [0, 0.1) is 17.6 Å². The Morgan fingerprint density at radius 3 is 2.40 bits per heavy atom. The van der Waals surface area contributed by atoms with E-state index in [0.717, 1.165) is 12.6 Å². The smallest absolute Gasteiger partial charge is 0.130 e. The number of benzene rings is 1. The number of hydrogen-bond acceptors (Lipinski definition) is 1. The molecule has 1 aromatic carbocycles.